The number of esters is 2. The molecule has 7 heteroatoms. The van der Waals surface area contributed by atoms with Gasteiger partial charge in [-0.2, -0.15) is 0 Å². The van der Waals surface area contributed by atoms with E-state index in [4.69, 9.17) is 13.9 Å². The van der Waals surface area contributed by atoms with Gasteiger partial charge in [-0.1, -0.05) is 124 Å². The standard InChI is InChI=1S/C32H60O6Si/c1-5-9-13-17-25-36-30(33)23-24-31(34)37-26-21-22-32(35)38-39(27-18-14-10-6-2,28-19-15-11-7-3)29-20-16-12-8-4/h23-24H,5-22,25-29H2,1-4H3/b24-23-. The van der Waals surface area contributed by atoms with Gasteiger partial charge in [-0.15, -0.1) is 0 Å². The second-order valence-electron chi connectivity index (χ2n) is 10.9. The Kier molecular flexibility index (Phi) is 25.5. The molecule has 0 heterocycles. The van der Waals surface area contributed by atoms with Crippen LogP contribution in [0, 0.1) is 0 Å². The predicted octanol–water partition coefficient (Wildman–Crippen LogP) is 9.22. The normalized spacial score (nSPS) is 11.6. The summed E-state index contributed by atoms with van der Waals surface area (Å²) in [7, 11) is -2.15. The van der Waals surface area contributed by atoms with Crippen LogP contribution in [0.5, 0.6) is 0 Å². The number of carbonyl (C=O) groups excluding carboxylic acids is 3. The lowest BCUT2D eigenvalue weighted by atomic mass is 10.2. The molecule has 0 N–H and O–H groups in total. The van der Waals surface area contributed by atoms with Crippen LogP contribution in [0.3, 0.4) is 0 Å². The summed E-state index contributed by atoms with van der Waals surface area (Å²) >= 11 is 0. The Morgan fingerprint density at radius 2 is 0.897 bits per heavy atom. The van der Waals surface area contributed by atoms with Crippen molar-refractivity contribution >= 4 is 26.2 Å². The van der Waals surface area contributed by atoms with E-state index in [2.05, 4.69) is 27.7 Å². The second-order valence-corrected chi connectivity index (χ2v) is 15.0. The van der Waals surface area contributed by atoms with E-state index < -0.39 is 20.3 Å². The minimum Gasteiger partial charge on any atom is -0.519 e. The minimum atomic E-state index is -2.15. The first-order valence-corrected chi connectivity index (χ1v) is 18.7. The molecule has 0 spiro atoms. The Balaban J connectivity index is 4.71. The van der Waals surface area contributed by atoms with Gasteiger partial charge in [0.2, 0.25) is 0 Å². The maximum atomic E-state index is 12.9. The molecule has 0 saturated heterocycles. The Morgan fingerprint density at radius 1 is 0.513 bits per heavy atom. The fourth-order valence-corrected chi connectivity index (χ4v) is 9.09. The highest BCUT2D eigenvalue weighted by atomic mass is 28.4. The van der Waals surface area contributed by atoms with Crippen LogP contribution < -0.4 is 0 Å². The lowest BCUT2D eigenvalue weighted by molar-refractivity contribution is -0.141. The molecule has 0 aromatic heterocycles. The van der Waals surface area contributed by atoms with Crippen molar-refractivity contribution in [2.24, 2.45) is 0 Å². The predicted molar refractivity (Wildman–Crippen MR) is 163 cm³/mol. The van der Waals surface area contributed by atoms with Crippen molar-refractivity contribution in [2.45, 2.75) is 161 Å². The first kappa shape index (κ1) is 37.4. The van der Waals surface area contributed by atoms with Gasteiger partial charge in [-0.25, -0.2) is 9.59 Å². The van der Waals surface area contributed by atoms with Gasteiger partial charge in [0.25, 0.3) is 14.3 Å². The molecule has 0 aliphatic rings. The topological polar surface area (TPSA) is 78.9 Å². The highest BCUT2D eigenvalue weighted by Crippen LogP contribution is 2.31. The van der Waals surface area contributed by atoms with Gasteiger partial charge in [0.05, 0.1) is 13.2 Å². The molecule has 0 aliphatic carbocycles. The highest BCUT2D eigenvalue weighted by Gasteiger charge is 2.37. The van der Waals surface area contributed by atoms with Crippen molar-refractivity contribution in [3.05, 3.63) is 12.2 Å². The lowest BCUT2D eigenvalue weighted by Crippen LogP contribution is -2.40. The van der Waals surface area contributed by atoms with Crippen LogP contribution in [-0.2, 0) is 28.3 Å². The van der Waals surface area contributed by atoms with Crippen LogP contribution in [0.25, 0.3) is 0 Å². The zero-order valence-electron chi connectivity index (χ0n) is 25.9. The molecule has 0 aliphatic heterocycles. The fraction of sp³-hybridized carbons (Fsp3) is 0.844. The maximum absolute atomic E-state index is 12.9. The molecule has 0 fully saturated rings. The van der Waals surface area contributed by atoms with Gasteiger partial charge in [-0.3, -0.25) is 4.79 Å². The fourth-order valence-electron chi connectivity index (χ4n) is 4.77. The van der Waals surface area contributed by atoms with E-state index in [1.807, 2.05) is 0 Å². The summed E-state index contributed by atoms with van der Waals surface area (Å²) < 4.78 is 16.7. The number of rotatable bonds is 27. The highest BCUT2D eigenvalue weighted by molar-refractivity contribution is 6.75. The average Bonchev–Trinajstić information content (AvgIpc) is 2.92. The molecular formula is C32H60O6Si. The summed E-state index contributed by atoms with van der Waals surface area (Å²) in [6, 6.07) is 3.22. The average molecular weight is 569 g/mol. The van der Waals surface area contributed by atoms with Crippen LogP contribution in [0.2, 0.25) is 18.1 Å². The summed E-state index contributed by atoms with van der Waals surface area (Å²) in [5, 5.41) is 0. The van der Waals surface area contributed by atoms with E-state index in [1.54, 1.807) is 0 Å². The smallest absolute Gasteiger partial charge is 0.331 e. The Morgan fingerprint density at radius 3 is 1.31 bits per heavy atom. The van der Waals surface area contributed by atoms with Gasteiger partial charge in [0, 0.05) is 18.6 Å². The van der Waals surface area contributed by atoms with Crippen molar-refractivity contribution in [3.8, 4) is 0 Å². The third kappa shape index (κ3) is 22.8. The number of hydrogen-bond acceptors (Lipinski definition) is 6. The van der Waals surface area contributed by atoms with Crippen LogP contribution in [-0.4, -0.2) is 39.4 Å². The zero-order valence-corrected chi connectivity index (χ0v) is 26.9. The molecule has 0 aromatic rings. The molecule has 0 radical (unpaired) electrons. The van der Waals surface area contributed by atoms with Crippen LogP contribution in [0.1, 0.15) is 143 Å². The monoisotopic (exact) mass is 568 g/mol. The van der Waals surface area contributed by atoms with Crippen molar-refractivity contribution in [3.63, 3.8) is 0 Å². The Labute approximate surface area is 241 Å². The number of unbranched alkanes of at least 4 members (excludes halogenated alkanes) is 12. The van der Waals surface area contributed by atoms with E-state index in [9.17, 15) is 14.4 Å². The minimum absolute atomic E-state index is 0.127. The molecule has 0 bridgehead atoms. The third-order valence-corrected chi connectivity index (χ3v) is 11.6. The molecule has 0 unspecified atom stereocenters. The van der Waals surface area contributed by atoms with Crippen molar-refractivity contribution in [2.75, 3.05) is 13.2 Å². The van der Waals surface area contributed by atoms with Gasteiger partial charge >= 0.3 is 11.9 Å². The first-order chi connectivity index (χ1) is 18.9. The summed E-state index contributed by atoms with van der Waals surface area (Å²) in [5.74, 6) is -1.27. The van der Waals surface area contributed by atoms with Crippen molar-refractivity contribution in [1.29, 1.82) is 0 Å². The van der Waals surface area contributed by atoms with Gasteiger partial charge in [-0.05, 0) is 31.0 Å². The van der Waals surface area contributed by atoms with Gasteiger partial charge in [0.1, 0.15) is 0 Å². The Hall–Kier alpha value is -1.63. The van der Waals surface area contributed by atoms with Crippen LogP contribution in [0.4, 0.5) is 0 Å². The molecule has 0 amide bonds. The summed E-state index contributed by atoms with van der Waals surface area (Å²) in [6.07, 6.45) is 21.4. The largest absolute Gasteiger partial charge is 0.519 e. The van der Waals surface area contributed by atoms with Crippen LogP contribution in [0.15, 0.2) is 12.2 Å². The molecule has 0 atom stereocenters. The number of ether oxygens (including phenoxy) is 2. The van der Waals surface area contributed by atoms with Crippen LogP contribution >= 0.6 is 0 Å². The quantitative estimate of drug-likeness (QED) is 0.0425. The first-order valence-electron chi connectivity index (χ1n) is 16.2. The SMILES string of the molecule is CCCCCCOC(=O)/C=C\C(=O)OCCCC(=O)O[Si](CCCCCC)(CCCCCC)CCCCCC. The lowest BCUT2D eigenvalue weighted by Gasteiger charge is -2.32. The second kappa shape index (κ2) is 26.6. The van der Waals surface area contributed by atoms with Crippen molar-refractivity contribution in [1.82, 2.24) is 0 Å². The van der Waals surface area contributed by atoms with Gasteiger partial charge < -0.3 is 13.9 Å². The summed E-state index contributed by atoms with van der Waals surface area (Å²) in [6.45, 7) is 9.29. The van der Waals surface area contributed by atoms with Gasteiger partial charge in [0.15, 0.2) is 0 Å². The summed E-state index contributed by atoms with van der Waals surface area (Å²) in [4.78, 5) is 36.6. The number of hydrogen-bond donors (Lipinski definition) is 0. The van der Waals surface area contributed by atoms with E-state index in [0.29, 0.717) is 13.0 Å². The zero-order chi connectivity index (χ0) is 29.0. The van der Waals surface area contributed by atoms with Crippen molar-refractivity contribution < 1.29 is 28.3 Å². The molecule has 0 aromatic carbocycles. The number of carbonyl (C=O) groups is 3. The maximum Gasteiger partial charge on any atom is 0.331 e. The summed E-state index contributed by atoms with van der Waals surface area (Å²) in [5.41, 5.74) is 0. The van der Waals surface area contributed by atoms with E-state index in [-0.39, 0.29) is 19.0 Å². The molecule has 0 rings (SSSR count). The molecule has 228 valence electrons. The molecule has 0 saturated carbocycles. The van der Waals surface area contributed by atoms with E-state index in [1.165, 1.54) is 57.8 Å². The molecule has 6 nitrogen and oxygen atoms in total. The molecular weight excluding hydrogens is 508 g/mol. The van der Waals surface area contributed by atoms with E-state index >= 15 is 0 Å². The third-order valence-electron chi connectivity index (χ3n) is 7.16. The van der Waals surface area contributed by atoms with E-state index in [0.717, 1.165) is 75.2 Å². The molecule has 39 heavy (non-hydrogen) atoms. The Bertz CT molecular complexity index is 617.